The zero-order chi connectivity index (χ0) is 16.7. The van der Waals surface area contributed by atoms with E-state index in [0.717, 1.165) is 30.7 Å². The lowest BCUT2D eigenvalue weighted by Crippen LogP contribution is -2.36. The van der Waals surface area contributed by atoms with Crippen LogP contribution in [0, 0.1) is 12.8 Å². The molecule has 0 saturated carbocycles. The Morgan fingerprint density at radius 2 is 2.00 bits per heavy atom. The summed E-state index contributed by atoms with van der Waals surface area (Å²) in [6, 6.07) is 13.8. The van der Waals surface area contributed by atoms with Crippen molar-refractivity contribution in [1.29, 1.82) is 0 Å². The maximum Gasteiger partial charge on any atom is 0.335 e. The molecule has 124 valence electrons. The molecule has 0 radical (unpaired) electrons. The van der Waals surface area contributed by atoms with Crippen LogP contribution in [0.5, 0.6) is 0 Å². The second-order valence-electron chi connectivity index (χ2n) is 6.74. The smallest absolute Gasteiger partial charge is 0.335 e. The van der Waals surface area contributed by atoms with Gasteiger partial charge in [0, 0.05) is 23.8 Å². The van der Waals surface area contributed by atoms with Crippen molar-refractivity contribution in [2.45, 2.75) is 31.9 Å². The summed E-state index contributed by atoms with van der Waals surface area (Å²) < 4.78 is 6.14. The first-order chi connectivity index (χ1) is 11.6. The molecule has 1 fully saturated rings. The van der Waals surface area contributed by atoms with E-state index in [0.29, 0.717) is 11.5 Å². The zero-order valence-electron chi connectivity index (χ0n) is 13.7. The van der Waals surface area contributed by atoms with Crippen molar-refractivity contribution in [1.82, 2.24) is 0 Å². The van der Waals surface area contributed by atoms with Crippen LogP contribution in [0.4, 0.5) is 5.69 Å². The van der Waals surface area contributed by atoms with Crippen molar-refractivity contribution < 1.29 is 14.6 Å². The minimum atomic E-state index is -0.891. The summed E-state index contributed by atoms with van der Waals surface area (Å²) in [5, 5.41) is 12.8. The minimum absolute atomic E-state index is 0.110. The first kappa shape index (κ1) is 15.2. The molecule has 2 aromatic carbocycles. The zero-order valence-corrected chi connectivity index (χ0v) is 13.7. The average Bonchev–Trinajstić information content (AvgIpc) is 2.61. The molecule has 0 amide bonds. The number of aryl methyl sites for hydroxylation is 1. The molecule has 0 aromatic heterocycles. The summed E-state index contributed by atoms with van der Waals surface area (Å²) in [6.45, 7) is 2.91. The van der Waals surface area contributed by atoms with Crippen LogP contribution >= 0.6 is 0 Å². The van der Waals surface area contributed by atoms with Gasteiger partial charge in [-0.15, -0.1) is 0 Å². The highest BCUT2D eigenvalue weighted by Crippen LogP contribution is 2.49. The van der Waals surface area contributed by atoms with Gasteiger partial charge in [0.05, 0.1) is 17.7 Å². The van der Waals surface area contributed by atoms with Crippen LogP contribution in [0.25, 0.3) is 0 Å². The number of benzene rings is 2. The van der Waals surface area contributed by atoms with E-state index in [9.17, 15) is 4.79 Å². The molecule has 24 heavy (non-hydrogen) atoms. The van der Waals surface area contributed by atoms with Crippen LogP contribution in [0.1, 0.15) is 52.0 Å². The molecule has 3 unspecified atom stereocenters. The highest BCUT2D eigenvalue weighted by Gasteiger charge is 2.39. The predicted octanol–water partition coefficient (Wildman–Crippen LogP) is 4.33. The highest BCUT2D eigenvalue weighted by molar-refractivity contribution is 5.87. The van der Waals surface area contributed by atoms with Crippen molar-refractivity contribution >= 4 is 11.7 Å². The van der Waals surface area contributed by atoms with E-state index in [1.54, 1.807) is 12.1 Å². The van der Waals surface area contributed by atoms with Crippen LogP contribution in [-0.2, 0) is 4.74 Å². The highest BCUT2D eigenvalue weighted by atomic mass is 16.5. The van der Waals surface area contributed by atoms with Gasteiger partial charge in [-0.1, -0.05) is 29.8 Å². The summed E-state index contributed by atoms with van der Waals surface area (Å²) in [5.41, 5.74) is 5.05. The molecule has 2 aromatic rings. The van der Waals surface area contributed by atoms with Crippen molar-refractivity contribution in [3.05, 3.63) is 64.7 Å². The molecule has 0 bridgehead atoms. The quantitative estimate of drug-likeness (QED) is 0.864. The third kappa shape index (κ3) is 2.57. The van der Waals surface area contributed by atoms with Gasteiger partial charge >= 0.3 is 5.97 Å². The van der Waals surface area contributed by atoms with Gasteiger partial charge in [-0.2, -0.15) is 0 Å². The third-order valence-corrected chi connectivity index (χ3v) is 5.14. The fraction of sp³-hybridized carbons (Fsp3) is 0.350. The van der Waals surface area contributed by atoms with Crippen molar-refractivity contribution in [2.24, 2.45) is 5.92 Å². The molecule has 4 heteroatoms. The van der Waals surface area contributed by atoms with Crippen LogP contribution in [-0.4, -0.2) is 17.7 Å². The molecule has 0 aliphatic carbocycles. The third-order valence-electron chi connectivity index (χ3n) is 5.14. The van der Waals surface area contributed by atoms with Gasteiger partial charge < -0.3 is 15.2 Å². The molecule has 2 heterocycles. The van der Waals surface area contributed by atoms with Crippen molar-refractivity contribution in [3.63, 3.8) is 0 Å². The van der Waals surface area contributed by atoms with Gasteiger partial charge in [0.2, 0.25) is 0 Å². The van der Waals surface area contributed by atoms with Gasteiger partial charge in [-0.3, -0.25) is 0 Å². The maximum absolute atomic E-state index is 11.1. The molecule has 2 aliphatic rings. The Hall–Kier alpha value is -2.33. The van der Waals surface area contributed by atoms with Gasteiger partial charge in [-0.05, 0) is 43.5 Å². The Balaban J connectivity index is 1.73. The number of carbonyl (C=O) groups is 1. The second-order valence-corrected chi connectivity index (χ2v) is 6.74. The van der Waals surface area contributed by atoms with Gasteiger partial charge in [0.15, 0.2) is 0 Å². The molecule has 4 rings (SSSR count). The standard InChI is InChI=1S/C20H21NO3/c1-12-4-9-17-16(11-12)19-15(3-2-10-24-19)18(21-17)13-5-7-14(8-6-13)20(22)23/h4-9,11,15,18-19,21H,2-3,10H2,1H3,(H,22,23). The Labute approximate surface area is 141 Å². The normalized spacial score (nSPS) is 25.3. The molecule has 4 nitrogen and oxygen atoms in total. The SMILES string of the molecule is Cc1ccc2c(c1)C1OCCCC1C(c1ccc(C(=O)O)cc1)N2. The first-order valence-electron chi connectivity index (χ1n) is 8.45. The maximum atomic E-state index is 11.1. The predicted molar refractivity (Wildman–Crippen MR) is 92.4 cm³/mol. The van der Waals surface area contributed by atoms with Crippen LogP contribution in [0.3, 0.4) is 0 Å². The first-order valence-corrected chi connectivity index (χ1v) is 8.45. The number of aromatic carboxylic acids is 1. The molecular weight excluding hydrogens is 302 g/mol. The largest absolute Gasteiger partial charge is 0.478 e. The summed E-state index contributed by atoms with van der Waals surface area (Å²) in [7, 11) is 0. The number of hydrogen-bond donors (Lipinski definition) is 2. The molecule has 3 atom stereocenters. The van der Waals surface area contributed by atoms with E-state index in [1.807, 2.05) is 12.1 Å². The van der Waals surface area contributed by atoms with Crippen LogP contribution in [0.15, 0.2) is 42.5 Å². The number of rotatable bonds is 2. The number of nitrogens with one attached hydrogen (secondary N) is 1. The molecular formula is C20H21NO3. The lowest BCUT2D eigenvalue weighted by Gasteiger charge is -2.43. The van der Waals surface area contributed by atoms with Crippen LogP contribution in [0.2, 0.25) is 0 Å². The summed E-state index contributed by atoms with van der Waals surface area (Å²) in [5.74, 6) is -0.526. The fourth-order valence-electron chi connectivity index (χ4n) is 3.95. The van der Waals surface area contributed by atoms with Gasteiger partial charge in [0.25, 0.3) is 0 Å². The van der Waals surface area contributed by atoms with Gasteiger partial charge in [0.1, 0.15) is 0 Å². The lowest BCUT2D eigenvalue weighted by molar-refractivity contribution is -0.0381. The van der Waals surface area contributed by atoms with Crippen LogP contribution < -0.4 is 5.32 Å². The monoisotopic (exact) mass is 323 g/mol. The lowest BCUT2D eigenvalue weighted by atomic mass is 9.77. The topological polar surface area (TPSA) is 58.6 Å². The summed E-state index contributed by atoms with van der Waals surface area (Å²) in [4.78, 5) is 11.1. The molecule has 2 aliphatic heterocycles. The molecule has 2 N–H and O–H groups in total. The summed E-state index contributed by atoms with van der Waals surface area (Å²) >= 11 is 0. The summed E-state index contributed by atoms with van der Waals surface area (Å²) in [6.07, 6.45) is 2.28. The van der Waals surface area contributed by atoms with E-state index >= 15 is 0 Å². The number of hydrogen-bond acceptors (Lipinski definition) is 3. The van der Waals surface area contributed by atoms with E-state index < -0.39 is 5.97 Å². The Bertz CT molecular complexity index is 769. The Kier molecular flexibility index (Phi) is 3.77. The van der Waals surface area contributed by atoms with E-state index in [1.165, 1.54) is 11.1 Å². The number of anilines is 1. The number of fused-ring (bicyclic) bond motifs is 3. The second kappa shape index (κ2) is 5.95. The molecule has 1 saturated heterocycles. The van der Waals surface area contributed by atoms with E-state index in [-0.39, 0.29) is 12.1 Å². The Morgan fingerprint density at radius 3 is 2.75 bits per heavy atom. The van der Waals surface area contributed by atoms with Gasteiger partial charge in [-0.25, -0.2) is 4.79 Å². The number of carboxylic acids is 1. The van der Waals surface area contributed by atoms with E-state index in [2.05, 4.69) is 30.4 Å². The van der Waals surface area contributed by atoms with E-state index in [4.69, 9.17) is 9.84 Å². The minimum Gasteiger partial charge on any atom is -0.478 e. The fourth-order valence-corrected chi connectivity index (χ4v) is 3.95. The molecule has 0 spiro atoms. The van der Waals surface area contributed by atoms with Crippen molar-refractivity contribution in [3.8, 4) is 0 Å². The van der Waals surface area contributed by atoms with Crippen molar-refractivity contribution in [2.75, 3.05) is 11.9 Å². The average molecular weight is 323 g/mol. The number of ether oxygens (including phenoxy) is 1. The Morgan fingerprint density at radius 1 is 1.21 bits per heavy atom. The number of carboxylic acid groups (broad SMARTS) is 1.